The first-order chi connectivity index (χ1) is 4.33. The number of rotatable bonds is 1. The summed E-state index contributed by atoms with van der Waals surface area (Å²) < 4.78 is 0. The summed E-state index contributed by atoms with van der Waals surface area (Å²) in [6.07, 6.45) is 0. The van der Waals surface area contributed by atoms with Crippen molar-refractivity contribution in [3.05, 3.63) is 35.4 Å². The molecule has 0 bridgehead atoms. The molecular formula is C8H7Fe. The first-order valence-electron chi connectivity index (χ1n) is 2.75. The van der Waals surface area contributed by atoms with Crippen molar-refractivity contribution >= 4 is 4.92 Å². The van der Waals surface area contributed by atoms with E-state index in [4.69, 9.17) is 0 Å². The van der Waals surface area contributed by atoms with E-state index in [9.17, 15) is 0 Å². The first kappa shape index (κ1) is 6.73. The maximum absolute atomic E-state index is 3.54. The van der Waals surface area contributed by atoms with Gasteiger partial charge in [0.15, 0.2) is 0 Å². The summed E-state index contributed by atoms with van der Waals surface area (Å²) in [7, 11) is 0. The van der Waals surface area contributed by atoms with Crippen LogP contribution in [0, 0.1) is 6.92 Å². The Labute approximate surface area is 63.3 Å². The Bertz CT molecular complexity index is 198. The molecule has 0 fully saturated rings. The van der Waals surface area contributed by atoms with E-state index in [-0.39, 0.29) is 0 Å². The van der Waals surface area contributed by atoms with Gasteiger partial charge in [0, 0.05) is 0 Å². The van der Waals surface area contributed by atoms with E-state index in [1.165, 1.54) is 5.56 Å². The summed E-state index contributed by atoms with van der Waals surface area (Å²) in [6, 6.07) is 8.10. The molecule has 0 spiro atoms. The topological polar surface area (TPSA) is 0 Å². The zero-order valence-corrected chi connectivity index (χ0v) is 6.27. The second-order valence-corrected chi connectivity index (χ2v) is 2.23. The Balaban J connectivity index is 3.01. The molecule has 0 heterocycles. The molecule has 1 heteroatoms. The van der Waals surface area contributed by atoms with Crippen molar-refractivity contribution in [2.45, 2.75) is 6.92 Å². The predicted octanol–water partition coefficient (Wildman–Crippen LogP) is 1.57. The fourth-order valence-corrected chi connectivity index (χ4v) is 0.797. The monoisotopic (exact) mass is 159 g/mol. The summed E-state index contributed by atoms with van der Waals surface area (Å²) in [5.74, 6) is 0. The van der Waals surface area contributed by atoms with Crippen LogP contribution >= 0.6 is 0 Å². The second kappa shape index (κ2) is 2.95. The van der Waals surface area contributed by atoms with Crippen LogP contribution in [0.1, 0.15) is 11.1 Å². The van der Waals surface area contributed by atoms with E-state index >= 15 is 0 Å². The van der Waals surface area contributed by atoms with Gasteiger partial charge in [-0.15, -0.1) is 0 Å². The van der Waals surface area contributed by atoms with Crippen molar-refractivity contribution in [3.63, 3.8) is 0 Å². The third-order valence-electron chi connectivity index (χ3n) is 1.15. The predicted molar refractivity (Wildman–Crippen MR) is 35.3 cm³/mol. The van der Waals surface area contributed by atoms with Gasteiger partial charge >= 0.3 is 62.8 Å². The molecule has 0 atom stereocenters. The van der Waals surface area contributed by atoms with Crippen LogP contribution in [-0.4, -0.2) is 4.92 Å². The Hall–Kier alpha value is -0.391. The molecule has 9 heavy (non-hydrogen) atoms. The summed E-state index contributed by atoms with van der Waals surface area (Å²) in [5, 5.41) is 0. The molecule has 0 aliphatic carbocycles. The minimum absolute atomic E-state index is 1.06. The average Bonchev–Trinajstić information content (AvgIpc) is 1.90. The van der Waals surface area contributed by atoms with Crippen LogP contribution < -0.4 is 0 Å². The molecule has 47 valence electrons. The van der Waals surface area contributed by atoms with Gasteiger partial charge in [-0.3, -0.25) is 0 Å². The van der Waals surface area contributed by atoms with Gasteiger partial charge in [-0.25, -0.2) is 0 Å². The molecule has 1 rings (SSSR count). The fourth-order valence-electron chi connectivity index (χ4n) is 0.612. The molecule has 0 aromatic heterocycles. The molecule has 0 radical (unpaired) electrons. The quantitative estimate of drug-likeness (QED) is 0.431. The second-order valence-electron chi connectivity index (χ2n) is 1.95. The molecule has 0 N–H and O–H groups in total. The molecule has 0 aliphatic heterocycles. The summed E-state index contributed by atoms with van der Waals surface area (Å²) in [5.41, 5.74) is 2.33. The van der Waals surface area contributed by atoms with Crippen molar-refractivity contribution in [2.24, 2.45) is 0 Å². The number of hydrogen-bond acceptors (Lipinski definition) is 0. The molecule has 0 saturated carbocycles. The van der Waals surface area contributed by atoms with Crippen molar-refractivity contribution in [1.29, 1.82) is 0 Å². The van der Waals surface area contributed by atoms with E-state index in [2.05, 4.69) is 27.4 Å². The number of benzene rings is 1. The van der Waals surface area contributed by atoms with E-state index in [1.54, 1.807) is 0 Å². The summed E-state index contributed by atoms with van der Waals surface area (Å²) in [6.45, 7) is 2.06. The van der Waals surface area contributed by atoms with Crippen LogP contribution in [0.3, 0.4) is 0 Å². The zero-order valence-electron chi connectivity index (χ0n) is 5.16. The average molecular weight is 159 g/mol. The van der Waals surface area contributed by atoms with Crippen molar-refractivity contribution < 1.29 is 15.6 Å². The first-order valence-corrected chi connectivity index (χ1v) is 3.30. The van der Waals surface area contributed by atoms with Gasteiger partial charge in [-0.1, -0.05) is 0 Å². The van der Waals surface area contributed by atoms with Crippen LogP contribution in [0.5, 0.6) is 0 Å². The number of aryl methyl sites for hydroxylation is 1. The summed E-state index contributed by atoms with van der Waals surface area (Å²) in [4.78, 5) is 2.80. The van der Waals surface area contributed by atoms with E-state index < -0.39 is 0 Å². The van der Waals surface area contributed by atoms with Gasteiger partial charge in [0.2, 0.25) is 0 Å². The Morgan fingerprint density at radius 1 is 1.22 bits per heavy atom. The normalized spacial score (nSPS) is 9.00. The standard InChI is InChI=1S/C8H7.Fe/c1-7-3-5-8(2)6-4-7;/h3-6H,1H3;/q-1;+1. The van der Waals surface area contributed by atoms with Crippen LogP contribution in [-0.2, 0) is 15.6 Å². The van der Waals surface area contributed by atoms with Crippen molar-refractivity contribution in [1.82, 2.24) is 0 Å². The van der Waals surface area contributed by atoms with Crippen LogP contribution in [0.25, 0.3) is 0 Å². The van der Waals surface area contributed by atoms with Gasteiger partial charge in [-0.2, -0.15) is 0 Å². The van der Waals surface area contributed by atoms with E-state index in [0.717, 1.165) is 5.56 Å². The fraction of sp³-hybridized carbons (Fsp3) is 0.125. The summed E-state index contributed by atoms with van der Waals surface area (Å²) >= 11 is 3.54. The Kier molecular flexibility index (Phi) is 2.21. The van der Waals surface area contributed by atoms with E-state index in [0.29, 0.717) is 0 Å². The maximum atomic E-state index is 3.54. The molecule has 1 aromatic rings. The Morgan fingerprint density at radius 3 is 2.22 bits per heavy atom. The van der Waals surface area contributed by atoms with Crippen molar-refractivity contribution in [3.8, 4) is 0 Å². The third kappa shape index (κ3) is 1.78. The molecule has 0 amide bonds. The van der Waals surface area contributed by atoms with Crippen LogP contribution in [0.4, 0.5) is 0 Å². The van der Waals surface area contributed by atoms with Gasteiger partial charge in [0.1, 0.15) is 0 Å². The molecule has 0 aliphatic rings. The van der Waals surface area contributed by atoms with Gasteiger partial charge in [0.05, 0.1) is 0 Å². The molecule has 0 saturated heterocycles. The van der Waals surface area contributed by atoms with Gasteiger partial charge in [-0.05, 0) is 0 Å². The number of hydrogen-bond donors (Lipinski definition) is 0. The minimum atomic E-state index is 1.06. The SMILES string of the molecule is Cc1ccc([C-]=[Fe+])cc1. The Morgan fingerprint density at radius 2 is 1.78 bits per heavy atom. The van der Waals surface area contributed by atoms with Crippen LogP contribution in [0.2, 0.25) is 0 Å². The molecule has 0 nitrogen and oxygen atoms in total. The van der Waals surface area contributed by atoms with Crippen LogP contribution in [0.15, 0.2) is 24.3 Å². The van der Waals surface area contributed by atoms with Gasteiger partial charge < -0.3 is 0 Å². The molecule has 1 aromatic carbocycles. The zero-order chi connectivity index (χ0) is 6.69. The molecular weight excluding hydrogens is 152 g/mol. The molecule has 0 unspecified atom stereocenters. The van der Waals surface area contributed by atoms with E-state index in [1.807, 2.05) is 24.3 Å². The van der Waals surface area contributed by atoms with Gasteiger partial charge in [0.25, 0.3) is 0 Å². The van der Waals surface area contributed by atoms with Crippen molar-refractivity contribution in [2.75, 3.05) is 0 Å². The third-order valence-corrected chi connectivity index (χ3v) is 1.47.